The molecular weight excluding hydrogens is 308 g/mol. The molecule has 2 aromatic carbocycles. The average molecular weight is 333 g/mol. The maximum absolute atomic E-state index is 2.22. The van der Waals surface area contributed by atoms with Crippen LogP contribution in [0.15, 0.2) is 58.3 Å². The first kappa shape index (κ1) is 17.4. The molecule has 0 saturated carbocycles. The molecule has 0 spiro atoms. The van der Waals surface area contributed by atoms with Crippen LogP contribution in [0.2, 0.25) is 0 Å². The van der Waals surface area contributed by atoms with Gasteiger partial charge in [-0.2, -0.15) is 0 Å². The quantitative estimate of drug-likeness (QED) is 0.683. The first-order valence-electron chi connectivity index (χ1n) is 7.36. The molecule has 0 aliphatic heterocycles. The molecule has 118 valence electrons. The molecule has 4 heteroatoms. The summed E-state index contributed by atoms with van der Waals surface area (Å²) >= 11 is 0. The van der Waals surface area contributed by atoms with Gasteiger partial charge < -0.3 is 9.80 Å². The van der Waals surface area contributed by atoms with Crippen LogP contribution in [0.4, 0.5) is 0 Å². The molecule has 0 bridgehead atoms. The van der Waals surface area contributed by atoms with Gasteiger partial charge in [-0.05, 0) is 51.5 Å². The Morgan fingerprint density at radius 2 is 1.00 bits per heavy atom. The summed E-state index contributed by atoms with van der Waals surface area (Å²) in [6.07, 6.45) is 0. The van der Waals surface area contributed by atoms with Crippen molar-refractivity contribution in [2.24, 2.45) is 0 Å². The van der Waals surface area contributed by atoms with Crippen molar-refractivity contribution in [1.29, 1.82) is 0 Å². The standard InChI is InChI=1S/C18H24N2S2/c1-19(2)13-15-9-5-7-11-17(15)21-22-18-12-8-6-10-16(18)14-20(3)4/h5-12H,13-14H2,1-4H3. The molecular formula is C18H24N2S2. The zero-order valence-electron chi connectivity index (χ0n) is 13.7. The van der Waals surface area contributed by atoms with Crippen molar-refractivity contribution in [3.8, 4) is 0 Å². The highest BCUT2D eigenvalue weighted by Crippen LogP contribution is 2.40. The molecule has 0 aromatic heterocycles. The number of rotatable bonds is 7. The van der Waals surface area contributed by atoms with E-state index in [1.54, 1.807) is 0 Å². The third-order valence-electron chi connectivity index (χ3n) is 3.14. The van der Waals surface area contributed by atoms with Crippen molar-refractivity contribution in [2.45, 2.75) is 22.9 Å². The lowest BCUT2D eigenvalue weighted by molar-refractivity contribution is 0.399. The van der Waals surface area contributed by atoms with E-state index in [4.69, 9.17) is 0 Å². The third kappa shape index (κ3) is 5.36. The Kier molecular flexibility index (Phi) is 6.83. The van der Waals surface area contributed by atoms with Crippen LogP contribution in [0.1, 0.15) is 11.1 Å². The summed E-state index contributed by atoms with van der Waals surface area (Å²) in [6, 6.07) is 17.3. The van der Waals surface area contributed by atoms with Crippen LogP contribution < -0.4 is 0 Å². The Hall–Kier alpha value is -0.940. The van der Waals surface area contributed by atoms with E-state index < -0.39 is 0 Å². The minimum absolute atomic E-state index is 0.975. The van der Waals surface area contributed by atoms with E-state index in [9.17, 15) is 0 Å². The molecule has 0 heterocycles. The Morgan fingerprint density at radius 3 is 1.36 bits per heavy atom. The fourth-order valence-corrected chi connectivity index (χ4v) is 4.64. The van der Waals surface area contributed by atoms with Gasteiger partial charge in [0.05, 0.1) is 0 Å². The van der Waals surface area contributed by atoms with Crippen molar-refractivity contribution >= 4 is 21.6 Å². The molecule has 0 amide bonds. The second kappa shape index (κ2) is 8.63. The van der Waals surface area contributed by atoms with Crippen molar-refractivity contribution < 1.29 is 0 Å². The predicted molar refractivity (Wildman–Crippen MR) is 99.4 cm³/mol. The summed E-state index contributed by atoms with van der Waals surface area (Å²) in [4.78, 5) is 7.12. The second-order valence-corrected chi connectivity index (χ2v) is 8.07. The lowest BCUT2D eigenvalue weighted by Crippen LogP contribution is -2.11. The fraction of sp³-hybridized carbons (Fsp3) is 0.333. The number of hydrogen-bond acceptors (Lipinski definition) is 4. The van der Waals surface area contributed by atoms with Gasteiger partial charge in [-0.3, -0.25) is 0 Å². The van der Waals surface area contributed by atoms with E-state index >= 15 is 0 Å². The summed E-state index contributed by atoms with van der Waals surface area (Å²) < 4.78 is 0. The zero-order valence-corrected chi connectivity index (χ0v) is 15.4. The van der Waals surface area contributed by atoms with Crippen LogP contribution in [-0.4, -0.2) is 38.0 Å². The first-order chi connectivity index (χ1) is 10.6. The lowest BCUT2D eigenvalue weighted by atomic mass is 10.2. The van der Waals surface area contributed by atoms with Crippen molar-refractivity contribution in [2.75, 3.05) is 28.2 Å². The van der Waals surface area contributed by atoms with Gasteiger partial charge in [0, 0.05) is 22.9 Å². The maximum atomic E-state index is 2.22. The molecule has 0 aliphatic carbocycles. The van der Waals surface area contributed by atoms with E-state index in [1.807, 2.05) is 21.6 Å². The van der Waals surface area contributed by atoms with Crippen LogP contribution >= 0.6 is 21.6 Å². The molecule has 2 nitrogen and oxygen atoms in total. The normalized spacial score (nSPS) is 11.4. The Bertz CT molecular complexity index is 544. The van der Waals surface area contributed by atoms with Gasteiger partial charge >= 0.3 is 0 Å². The van der Waals surface area contributed by atoms with Crippen molar-refractivity contribution in [3.05, 3.63) is 59.7 Å². The molecule has 22 heavy (non-hydrogen) atoms. The average Bonchev–Trinajstić information content (AvgIpc) is 2.46. The maximum Gasteiger partial charge on any atom is 0.0239 e. The summed E-state index contributed by atoms with van der Waals surface area (Å²) in [5.41, 5.74) is 2.77. The SMILES string of the molecule is CN(C)Cc1ccccc1SSc1ccccc1CN(C)C. The molecule has 0 atom stereocenters. The van der Waals surface area contributed by atoms with Crippen LogP contribution in [0.5, 0.6) is 0 Å². The van der Waals surface area contributed by atoms with Crippen LogP contribution in [0.25, 0.3) is 0 Å². The van der Waals surface area contributed by atoms with Crippen molar-refractivity contribution in [1.82, 2.24) is 9.80 Å². The number of nitrogens with zero attached hydrogens (tertiary/aromatic N) is 2. The highest BCUT2D eigenvalue weighted by molar-refractivity contribution is 8.76. The Labute approximate surface area is 142 Å². The largest absolute Gasteiger partial charge is 0.305 e. The molecule has 0 radical (unpaired) electrons. The summed E-state index contributed by atoms with van der Waals surface area (Å²) in [6.45, 7) is 1.95. The van der Waals surface area contributed by atoms with Crippen LogP contribution in [0, 0.1) is 0 Å². The smallest absolute Gasteiger partial charge is 0.0239 e. The highest BCUT2D eigenvalue weighted by Gasteiger charge is 2.08. The molecule has 0 fully saturated rings. The first-order valence-corrected chi connectivity index (χ1v) is 9.51. The molecule has 0 aliphatic rings. The monoisotopic (exact) mass is 332 g/mol. The van der Waals surface area contributed by atoms with E-state index in [2.05, 4.69) is 86.5 Å². The Balaban J connectivity index is 2.10. The molecule has 0 saturated heterocycles. The van der Waals surface area contributed by atoms with Gasteiger partial charge in [0.1, 0.15) is 0 Å². The van der Waals surface area contributed by atoms with E-state index in [1.165, 1.54) is 20.9 Å². The van der Waals surface area contributed by atoms with Crippen LogP contribution in [-0.2, 0) is 13.1 Å². The summed E-state index contributed by atoms with van der Waals surface area (Å²) in [7, 11) is 12.2. The van der Waals surface area contributed by atoms with Crippen molar-refractivity contribution in [3.63, 3.8) is 0 Å². The zero-order chi connectivity index (χ0) is 15.9. The molecule has 0 unspecified atom stereocenters. The van der Waals surface area contributed by atoms with E-state index in [0.717, 1.165) is 13.1 Å². The van der Waals surface area contributed by atoms with Gasteiger partial charge in [0.25, 0.3) is 0 Å². The summed E-state index contributed by atoms with van der Waals surface area (Å²) in [5, 5.41) is 0. The lowest BCUT2D eigenvalue weighted by Gasteiger charge is -2.15. The van der Waals surface area contributed by atoms with Gasteiger partial charge in [-0.1, -0.05) is 58.0 Å². The van der Waals surface area contributed by atoms with Gasteiger partial charge in [-0.25, -0.2) is 0 Å². The minimum Gasteiger partial charge on any atom is -0.305 e. The van der Waals surface area contributed by atoms with E-state index in [0.29, 0.717) is 0 Å². The molecule has 2 rings (SSSR count). The predicted octanol–water partition coefficient (Wildman–Crippen LogP) is 4.61. The van der Waals surface area contributed by atoms with E-state index in [-0.39, 0.29) is 0 Å². The molecule has 2 aromatic rings. The van der Waals surface area contributed by atoms with Gasteiger partial charge in [0.2, 0.25) is 0 Å². The van der Waals surface area contributed by atoms with Crippen LogP contribution in [0.3, 0.4) is 0 Å². The molecule has 0 N–H and O–H groups in total. The highest BCUT2D eigenvalue weighted by atomic mass is 33.1. The number of hydrogen-bond donors (Lipinski definition) is 0. The Morgan fingerprint density at radius 1 is 0.636 bits per heavy atom. The van der Waals surface area contributed by atoms with Gasteiger partial charge in [0.15, 0.2) is 0 Å². The summed E-state index contributed by atoms with van der Waals surface area (Å²) in [5.74, 6) is 0. The minimum atomic E-state index is 0.975. The number of benzene rings is 2. The van der Waals surface area contributed by atoms with Gasteiger partial charge in [-0.15, -0.1) is 0 Å². The topological polar surface area (TPSA) is 6.48 Å². The second-order valence-electron chi connectivity index (χ2n) is 5.86. The third-order valence-corrected chi connectivity index (χ3v) is 5.71. The fourth-order valence-electron chi connectivity index (χ4n) is 2.20.